The first-order valence-electron chi connectivity index (χ1n) is 5.44. The van der Waals surface area contributed by atoms with Gasteiger partial charge in [-0.1, -0.05) is 0 Å². The lowest BCUT2D eigenvalue weighted by molar-refractivity contribution is 0.595. The van der Waals surface area contributed by atoms with Crippen LogP contribution in [0.1, 0.15) is 6.42 Å². The van der Waals surface area contributed by atoms with E-state index in [-0.39, 0.29) is 5.75 Å². The molecule has 0 aliphatic rings. The number of aromatic amines is 1. The number of primary sulfonamides is 1. The first kappa shape index (κ1) is 12.7. The number of fused-ring (bicyclic) bond motifs is 1. The number of nitrogens with two attached hydrogens (primary N) is 2. The second-order valence-electron chi connectivity index (χ2n) is 4.01. The van der Waals surface area contributed by atoms with Crippen LogP contribution in [0.25, 0.3) is 11.0 Å². The molecule has 0 saturated heterocycles. The highest BCUT2D eigenvalue weighted by atomic mass is 32.2. The van der Waals surface area contributed by atoms with Crippen molar-refractivity contribution in [2.75, 3.05) is 23.3 Å². The van der Waals surface area contributed by atoms with Crippen molar-refractivity contribution < 1.29 is 8.42 Å². The van der Waals surface area contributed by atoms with Crippen molar-refractivity contribution in [2.24, 2.45) is 5.14 Å². The van der Waals surface area contributed by atoms with E-state index in [2.05, 4.69) is 15.3 Å². The van der Waals surface area contributed by atoms with Gasteiger partial charge in [0.1, 0.15) is 0 Å². The molecule has 8 heteroatoms. The van der Waals surface area contributed by atoms with E-state index < -0.39 is 10.0 Å². The molecule has 0 amide bonds. The smallest absolute Gasteiger partial charge is 0.209 e. The minimum absolute atomic E-state index is 0.0484. The number of nitrogens with one attached hydrogen (secondary N) is 2. The zero-order chi connectivity index (χ0) is 13.2. The summed E-state index contributed by atoms with van der Waals surface area (Å²) in [6, 6.07) is 5.38. The fraction of sp³-hybridized carbons (Fsp3) is 0.300. The number of rotatable bonds is 5. The van der Waals surface area contributed by atoms with E-state index in [1.54, 1.807) is 12.1 Å². The molecule has 2 rings (SSSR count). The standard InChI is InChI=1S/C10H15N5O2S/c11-7-2-3-8-9(6-7)15-10(14-8)13-4-1-5-18(12,16)17/h2-3,6H,1,4-5,11H2,(H2,12,16,17)(H2,13,14,15). The van der Waals surface area contributed by atoms with Crippen molar-refractivity contribution in [3.05, 3.63) is 18.2 Å². The number of sulfonamides is 1. The fourth-order valence-electron chi connectivity index (χ4n) is 1.59. The van der Waals surface area contributed by atoms with Gasteiger partial charge in [0.05, 0.1) is 16.8 Å². The number of nitrogen functional groups attached to an aromatic ring is 1. The Morgan fingerprint density at radius 1 is 1.39 bits per heavy atom. The molecular formula is C10H15N5O2S. The Balaban J connectivity index is 1.96. The molecule has 0 aliphatic carbocycles. The van der Waals surface area contributed by atoms with Crippen LogP contribution in [-0.4, -0.2) is 30.7 Å². The third-order valence-electron chi connectivity index (χ3n) is 2.40. The van der Waals surface area contributed by atoms with Gasteiger partial charge in [0.2, 0.25) is 16.0 Å². The molecule has 0 unspecified atom stereocenters. The van der Waals surface area contributed by atoms with Gasteiger partial charge >= 0.3 is 0 Å². The van der Waals surface area contributed by atoms with Crippen molar-refractivity contribution in [1.29, 1.82) is 0 Å². The summed E-state index contributed by atoms with van der Waals surface area (Å²) >= 11 is 0. The van der Waals surface area contributed by atoms with Gasteiger partial charge in [-0.05, 0) is 24.6 Å². The maximum absolute atomic E-state index is 10.7. The molecule has 2 aromatic rings. The fourth-order valence-corrected chi connectivity index (χ4v) is 2.14. The van der Waals surface area contributed by atoms with Gasteiger partial charge in [-0.3, -0.25) is 0 Å². The second-order valence-corrected chi connectivity index (χ2v) is 5.74. The Morgan fingerprint density at radius 2 is 2.17 bits per heavy atom. The Kier molecular flexibility index (Phi) is 3.39. The lowest BCUT2D eigenvalue weighted by Crippen LogP contribution is -2.18. The van der Waals surface area contributed by atoms with E-state index in [1.165, 1.54) is 0 Å². The van der Waals surface area contributed by atoms with Crippen molar-refractivity contribution in [2.45, 2.75) is 6.42 Å². The number of nitrogens with zero attached hydrogens (tertiary/aromatic N) is 1. The number of anilines is 2. The summed E-state index contributed by atoms with van der Waals surface area (Å²) in [5.74, 6) is 0.540. The Morgan fingerprint density at radius 3 is 2.89 bits per heavy atom. The Bertz CT molecular complexity index is 649. The number of aromatic nitrogens is 2. The summed E-state index contributed by atoms with van der Waals surface area (Å²) in [6.45, 7) is 0.478. The van der Waals surface area contributed by atoms with Crippen LogP contribution in [0, 0.1) is 0 Å². The van der Waals surface area contributed by atoms with Crippen LogP contribution in [0.4, 0.5) is 11.6 Å². The summed E-state index contributed by atoms with van der Waals surface area (Å²) in [5.41, 5.74) is 7.95. The highest BCUT2D eigenvalue weighted by Crippen LogP contribution is 2.16. The van der Waals surface area contributed by atoms with Crippen molar-refractivity contribution in [1.82, 2.24) is 9.97 Å². The van der Waals surface area contributed by atoms with Crippen LogP contribution in [0.15, 0.2) is 18.2 Å². The second kappa shape index (κ2) is 4.83. The van der Waals surface area contributed by atoms with Gasteiger partial charge in [0.25, 0.3) is 0 Å². The van der Waals surface area contributed by atoms with Crippen LogP contribution >= 0.6 is 0 Å². The lowest BCUT2D eigenvalue weighted by Gasteiger charge is -2.01. The Labute approximate surface area is 105 Å². The third kappa shape index (κ3) is 3.34. The largest absolute Gasteiger partial charge is 0.399 e. The minimum atomic E-state index is -3.40. The summed E-state index contributed by atoms with van der Waals surface area (Å²) in [4.78, 5) is 7.34. The SMILES string of the molecule is Nc1ccc2nc(NCCCS(N)(=O)=O)[nH]c2c1. The molecule has 1 heterocycles. The molecule has 0 spiro atoms. The molecule has 0 atom stereocenters. The zero-order valence-electron chi connectivity index (χ0n) is 9.68. The maximum Gasteiger partial charge on any atom is 0.209 e. The molecule has 7 nitrogen and oxygen atoms in total. The summed E-state index contributed by atoms with van der Waals surface area (Å²) in [5, 5.41) is 7.90. The third-order valence-corrected chi connectivity index (χ3v) is 3.26. The number of benzene rings is 1. The number of hydrogen-bond acceptors (Lipinski definition) is 5. The highest BCUT2D eigenvalue weighted by molar-refractivity contribution is 7.89. The summed E-state index contributed by atoms with van der Waals surface area (Å²) in [6.07, 6.45) is 0.429. The van der Waals surface area contributed by atoms with Crippen LogP contribution in [0.5, 0.6) is 0 Å². The average molecular weight is 269 g/mol. The van der Waals surface area contributed by atoms with Crippen molar-refractivity contribution in [3.63, 3.8) is 0 Å². The predicted octanol–water partition coefficient (Wildman–Crippen LogP) is 0.236. The van der Waals surface area contributed by atoms with Gasteiger partial charge in [0, 0.05) is 12.2 Å². The molecular weight excluding hydrogens is 254 g/mol. The minimum Gasteiger partial charge on any atom is -0.399 e. The molecule has 0 aliphatic heterocycles. The van der Waals surface area contributed by atoms with E-state index in [0.29, 0.717) is 24.6 Å². The van der Waals surface area contributed by atoms with Crippen molar-refractivity contribution >= 4 is 32.7 Å². The van der Waals surface area contributed by atoms with Crippen LogP contribution in [-0.2, 0) is 10.0 Å². The normalized spacial score (nSPS) is 11.8. The first-order chi connectivity index (χ1) is 8.44. The molecule has 0 fully saturated rings. The zero-order valence-corrected chi connectivity index (χ0v) is 10.5. The average Bonchev–Trinajstić information content (AvgIpc) is 2.65. The monoisotopic (exact) mass is 269 g/mol. The van der Waals surface area contributed by atoms with Gasteiger partial charge in [-0.25, -0.2) is 18.5 Å². The predicted molar refractivity (Wildman–Crippen MR) is 71.6 cm³/mol. The van der Waals surface area contributed by atoms with Crippen LogP contribution < -0.4 is 16.2 Å². The van der Waals surface area contributed by atoms with Gasteiger partial charge in [0.15, 0.2) is 0 Å². The molecule has 0 bridgehead atoms. The summed E-state index contributed by atoms with van der Waals surface area (Å²) < 4.78 is 21.5. The van der Waals surface area contributed by atoms with E-state index >= 15 is 0 Å². The lowest BCUT2D eigenvalue weighted by atomic mass is 10.3. The molecule has 98 valence electrons. The quantitative estimate of drug-likeness (QED) is 0.456. The van der Waals surface area contributed by atoms with Gasteiger partial charge < -0.3 is 16.0 Å². The number of imidazole rings is 1. The molecule has 1 aromatic heterocycles. The molecule has 6 N–H and O–H groups in total. The van der Waals surface area contributed by atoms with E-state index in [9.17, 15) is 8.42 Å². The van der Waals surface area contributed by atoms with Crippen LogP contribution in [0.3, 0.4) is 0 Å². The maximum atomic E-state index is 10.7. The van der Waals surface area contributed by atoms with E-state index in [0.717, 1.165) is 11.0 Å². The number of hydrogen-bond donors (Lipinski definition) is 4. The molecule has 1 aromatic carbocycles. The van der Waals surface area contributed by atoms with Crippen molar-refractivity contribution in [3.8, 4) is 0 Å². The highest BCUT2D eigenvalue weighted by Gasteiger charge is 2.04. The molecule has 0 saturated carbocycles. The molecule has 0 radical (unpaired) electrons. The number of H-pyrrole nitrogens is 1. The van der Waals surface area contributed by atoms with Gasteiger partial charge in [-0.15, -0.1) is 0 Å². The van der Waals surface area contributed by atoms with Gasteiger partial charge in [-0.2, -0.15) is 0 Å². The van der Waals surface area contributed by atoms with E-state index in [4.69, 9.17) is 10.9 Å². The molecule has 18 heavy (non-hydrogen) atoms. The topological polar surface area (TPSA) is 127 Å². The van der Waals surface area contributed by atoms with E-state index in [1.807, 2.05) is 6.07 Å². The Hall–Kier alpha value is -1.80. The first-order valence-corrected chi connectivity index (χ1v) is 7.15. The summed E-state index contributed by atoms with van der Waals surface area (Å²) in [7, 11) is -3.40. The van der Waals surface area contributed by atoms with Crippen LogP contribution in [0.2, 0.25) is 0 Å².